The molecule has 35 heavy (non-hydrogen) atoms. The van der Waals surface area contributed by atoms with Crippen LogP contribution in [0.15, 0.2) is 100.0 Å². The first-order valence-electron chi connectivity index (χ1n) is 11.2. The summed E-state index contributed by atoms with van der Waals surface area (Å²) in [5.41, 5.74) is 3.68. The number of ether oxygens (including phenoxy) is 1. The van der Waals surface area contributed by atoms with Gasteiger partial charge >= 0.3 is 5.56 Å². The average molecular weight is 482 g/mol. The normalized spacial score (nSPS) is 11.3. The third-order valence-electron chi connectivity index (χ3n) is 5.38. The molecule has 0 bridgehead atoms. The molecule has 0 atom stereocenters. The van der Waals surface area contributed by atoms with Crippen LogP contribution in [0, 0.1) is 6.92 Å². The number of benzene rings is 3. The Morgan fingerprint density at radius 1 is 0.914 bits per heavy atom. The maximum atomic E-state index is 13.6. The monoisotopic (exact) mass is 481 g/mol. The van der Waals surface area contributed by atoms with Crippen molar-refractivity contribution in [2.45, 2.75) is 13.8 Å². The van der Waals surface area contributed by atoms with Crippen molar-refractivity contribution >= 4 is 22.7 Å². The van der Waals surface area contributed by atoms with Crippen LogP contribution in [-0.4, -0.2) is 21.4 Å². The van der Waals surface area contributed by atoms with Crippen LogP contribution >= 0.6 is 11.3 Å². The molecule has 5 rings (SSSR count). The number of aromatic nitrogens is 3. The second-order valence-electron chi connectivity index (χ2n) is 7.71. The van der Waals surface area contributed by atoms with Crippen molar-refractivity contribution in [1.82, 2.24) is 14.8 Å². The molecule has 1 N–H and O–H groups in total. The zero-order valence-electron chi connectivity index (χ0n) is 19.3. The van der Waals surface area contributed by atoms with Crippen LogP contribution in [0.25, 0.3) is 27.6 Å². The van der Waals surface area contributed by atoms with Crippen molar-refractivity contribution in [1.29, 1.82) is 0 Å². The Bertz CT molecular complexity index is 1540. The van der Waals surface area contributed by atoms with Gasteiger partial charge in [-0.3, -0.25) is 9.89 Å². The maximum absolute atomic E-state index is 13.6. The number of aryl methyl sites for hydroxylation is 1. The lowest BCUT2D eigenvalue weighted by Crippen LogP contribution is -2.13. The first-order chi connectivity index (χ1) is 17.2. The highest BCUT2D eigenvalue weighted by Crippen LogP contribution is 2.33. The second kappa shape index (κ2) is 9.90. The number of hydrogen-bond donors (Lipinski definition) is 1. The van der Waals surface area contributed by atoms with E-state index in [1.807, 2.05) is 92.7 Å². The van der Waals surface area contributed by atoms with Gasteiger partial charge in [0.2, 0.25) is 5.13 Å². The highest BCUT2D eigenvalue weighted by Gasteiger charge is 2.20. The molecule has 0 amide bonds. The van der Waals surface area contributed by atoms with Crippen LogP contribution in [0.2, 0.25) is 0 Å². The van der Waals surface area contributed by atoms with Gasteiger partial charge in [0, 0.05) is 16.0 Å². The molecule has 0 unspecified atom stereocenters. The number of nitrogens with one attached hydrogen (secondary N) is 1. The number of H-pyrrole nitrogens is 1. The summed E-state index contributed by atoms with van der Waals surface area (Å²) in [5.74, 6) is 0.610. The van der Waals surface area contributed by atoms with E-state index < -0.39 is 0 Å². The molecule has 3 aromatic carbocycles. The van der Waals surface area contributed by atoms with Crippen LogP contribution in [0.1, 0.15) is 11.8 Å². The predicted molar refractivity (Wildman–Crippen MR) is 139 cm³/mol. The second-order valence-corrected chi connectivity index (χ2v) is 8.89. The van der Waals surface area contributed by atoms with Crippen LogP contribution < -0.4 is 10.3 Å². The summed E-state index contributed by atoms with van der Waals surface area (Å²) < 4.78 is 7.09. The Morgan fingerprint density at radius 3 is 2.29 bits per heavy atom. The minimum atomic E-state index is -0.324. The fraction of sp³-hybridized carbons (Fsp3) is 0.111. The number of para-hydroxylation sites is 1. The number of thiazole rings is 1. The number of nitrogens with zero attached hydrogens (tertiary/aromatic N) is 4. The molecule has 0 fully saturated rings. The van der Waals surface area contributed by atoms with E-state index in [-0.39, 0.29) is 11.2 Å². The van der Waals surface area contributed by atoms with E-state index in [1.165, 1.54) is 16.0 Å². The zero-order valence-corrected chi connectivity index (χ0v) is 20.1. The van der Waals surface area contributed by atoms with Gasteiger partial charge in [-0.05, 0) is 26.0 Å². The molecule has 0 radical (unpaired) electrons. The van der Waals surface area contributed by atoms with Gasteiger partial charge in [-0.15, -0.1) is 10.2 Å². The smallest absolute Gasteiger partial charge is 0.301 e. The topological polar surface area (TPSA) is 84.6 Å². The molecule has 0 aliphatic carbocycles. The lowest BCUT2D eigenvalue weighted by atomic mass is 10.1. The fourth-order valence-electron chi connectivity index (χ4n) is 3.73. The number of azo groups is 1. The molecule has 0 saturated carbocycles. The van der Waals surface area contributed by atoms with Gasteiger partial charge in [-0.2, -0.15) is 4.68 Å². The summed E-state index contributed by atoms with van der Waals surface area (Å²) in [6, 6.07) is 26.9. The summed E-state index contributed by atoms with van der Waals surface area (Å²) in [5, 5.41) is 12.5. The first-order valence-corrected chi connectivity index (χ1v) is 12.0. The summed E-state index contributed by atoms with van der Waals surface area (Å²) in [7, 11) is 0. The Hall–Kier alpha value is -4.30. The van der Waals surface area contributed by atoms with Crippen molar-refractivity contribution in [2.24, 2.45) is 10.2 Å². The van der Waals surface area contributed by atoms with Crippen molar-refractivity contribution in [3.8, 4) is 33.4 Å². The zero-order chi connectivity index (χ0) is 24.2. The Labute approximate surface area is 206 Å². The van der Waals surface area contributed by atoms with E-state index in [0.29, 0.717) is 28.9 Å². The number of hydrogen-bond acceptors (Lipinski definition) is 6. The Kier molecular flexibility index (Phi) is 6.36. The van der Waals surface area contributed by atoms with Gasteiger partial charge < -0.3 is 4.74 Å². The van der Waals surface area contributed by atoms with E-state index in [2.05, 4.69) is 15.3 Å². The van der Waals surface area contributed by atoms with Gasteiger partial charge in [0.05, 0.1) is 18.0 Å². The van der Waals surface area contributed by atoms with Crippen molar-refractivity contribution < 1.29 is 4.74 Å². The van der Waals surface area contributed by atoms with E-state index in [0.717, 1.165) is 21.7 Å². The summed E-state index contributed by atoms with van der Waals surface area (Å²) in [6.07, 6.45) is 0. The van der Waals surface area contributed by atoms with Crippen molar-refractivity contribution in [3.05, 3.63) is 100 Å². The molecular weight excluding hydrogens is 458 g/mol. The molecule has 5 aromatic rings. The first kappa shape index (κ1) is 22.5. The van der Waals surface area contributed by atoms with Gasteiger partial charge in [-0.1, -0.05) is 84.1 Å². The summed E-state index contributed by atoms with van der Waals surface area (Å²) in [6.45, 7) is 4.42. The quantitative estimate of drug-likeness (QED) is 0.252. The van der Waals surface area contributed by atoms with Gasteiger partial charge in [0.25, 0.3) is 0 Å². The highest BCUT2D eigenvalue weighted by atomic mass is 32.1. The maximum Gasteiger partial charge on any atom is 0.301 e. The predicted octanol–water partition coefficient (Wildman–Crippen LogP) is 7.08. The van der Waals surface area contributed by atoms with Crippen LogP contribution in [-0.2, 0) is 0 Å². The van der Waals surface area contributed by atoms with Crippen molar-refractivity contribution in [2.75, 3.05) is 6.61 Å². The van der Waals surface area contributed by atoms with Gasteiger partial charge in [0.1, 0.15) is 11.4 Å². The van der Waals surface area contributed by atoms with E-state index in [4.69, 9.17) is 9.72 Å². The molecular formula is C27H23N5O2S. The SMILES string of the molecule is CCOc1ccccc1N=Nc1c(-c2ccccc2)[nH]n(-c2nc(-c3ccccc3)c(C)s2)c1=O. The molecule has 2 heterocycles. The lowest BCUT2D eigenvalue weighted by Gasteiger charge is -2.04. The van der Waals surface area contributed by atoms with E-state index >= 15 is 0 Å². The Morgan fingerprint density at radius 2 is 1.57 bits per heavy atom. The van der Waals surface area contributed by atoms with Crippen molar-refractivity contribution in [3.63, 3.8) is 0 Å². The third-order valence-corrected chi connectivity index (χ3v) is 6.33. The minimum absolute atomic E-state index is 0.205. The van der Waals surface area contributed by atoms with Gasteiger partial charge in [-0.25, -0.2) is 4.98 Å². The average Bonchev–Trinajstić information content (AvgIpc) is 3.44. The van der Waals surface area contributed by atoms with Crippen LogP contribution in [0.4, 0.5) is 11.4 Å². The molecule has 2 aromatic heterocycles. The molecule has 0 aliphatic heterocycles. The molecule has 174 valence electrons. The van der Waals surface area contributed by atoms with E-state index in [9.17, 15) is 4.79 Å². The molecule has 7 nitrogen and oxygen atoms in total. The molecule has 0 spiro atoms. The molecule has 0 aliphatic rings. The molecule has 0 saturated heterocycles. The van der Waals surface area contributed by atoms with Crippen LogP contribution in [0.3, 0.4) is 0 Å². The summed E-state index contributed by atoms with van der Waals surface area (Å²) >= 11 is 1.45. The molecule has 8 heteroatoms. The highest BCUT2D eigenvalue weighted by molar-refractivity contribution is 7.14. The number of rotatable bonds is 7. The third kappa shape index (κ3) is 4.56. The Balaban J connectivity index is 1.63. The fourth-order valence-corrected chi connectivity index (χ4v) is 4.62. The number of aromatic amines is 1. The lowest BCUT2D eigenvalue weighted by molar-refractivity contribution is 0.341. The minimum Gasteiger partial charge on any atom is -0.492 e. The van der Waals surface area contributed by atoms with Gasteiger partial charge in [0.15, 0.2) is 5.69 Å². The standard InChI is InChI=1S/C27H23N5O2S/c1-3-34-22-17-11-10-16-21(22)29-30-25-24(20-14-8-5-9-15-20)31-32(26(25)33)27-28-23(18(2)35-27)19-12-6-4-7-13-19/h4-17,31H,3H2,1-2H3. The summed E-state index contributed by atoms with van der Waals surface area (Å²) in [4.78, 5) is 19.4. The van der Waals surface area contributed by atoms with E-state index in [1.54, 1.807) is 6.07 Å². The largest absolute Gasteiger partial charge is 0.492 e. The van der Waals surface area contributed by atoms with Crippen LogP contribution in [0.5, 0.6) is 5.75 Å².